The lowest BCUT2D eigenvalue weighted by molar-refractivity contribution is -0.144. The Bertz CT molecular complexity index is 191. The second-order valence-corrected chi connectivity index (χ2v) is 3.77. The molecule has 0 aromatic rings. The Morgan fingerprint density at radius 2 is 2.00 bits per heavy atom. The standard InChI is InChI=1S/C8H13NO2/c9-7-5-2-1-4(3-5)6(7)8(10)11/h4-7H,1-3,9H2,(H,10,11)/t4?,5?,6-,7+/m0/s1. The Balaban J connectivity index is 2.17. The number of hydrogen-bond acceptors (Lipinski definition) is 2. The van der Waals surface area contributed by atoms with Gasteiger partial charge in [0, 0.05) is 6.04 Å². The maximum atomic E-state index is 10.7. The zero-order valence-electron chi connectivity index (χ0n) is 6.36. The molecular formula is C8H13NO2. The zero-order chi connectivity index (χ0) is 8.01. The first-order valence-electron chi connectivity index (χ1n) is 4.18. The molecule has 2 fully saturated rings. The Labute approximate surface area is 65.6 Å². The molecule has 2 saturated carbocycles. The first-order valence-corrected chi connectivity index (χ1v) is 4.18. The Morgan fingerprint density at radius 1 is 1.36 bits per heavy atom. The molecule has 2 rings (SSSR count). The summed E-state index contributed by atoms with van der Waals surface area (Å²) in [7, 11) is 0. The van der Waals surface area contributed by atoms with Gasteiger partial charge < -0.3 is 10.8 Å². The minimum atomic E-state index is -0.690. The molecule has 2 unspecified atom stereocenters. The van der Waals surface area contributed by atoms with Gasteiger partial charge in [0.05, 0.1) is 5.92 Å². The van der Waals surface area contributed by atoms with Crippen LogP contribution < -0.4 is 5.73 Å². The molecule has 0 amide bonds. The van der Waals surface area contributed by atoms with Crippen molar-refractivity contribution in [2.75, 3.05) is 0 Å². The van der Waals surface area contributed by atoms with Gasteiger partial charge in [-0.15, -0.1) is 0 Å². The van der Waals surface area contributed by atoms with Crippen LogP contribution >= 0.6 is 0 Å². The fourth-order valence-corrected chi connectivity index (χ4v) is 2.70. The number of carbonyl (C=O) groups is 1. The van der Waals surface area contributed by atoms with E-state index in [0.717, 1.165) is 19.3 Å². The second kappa shape index (κ2) is 2.21. The fourth-order valence-electron chi connectivity index (χ4n) is 2.70. The van der Waals surface area contributed by atoms with Gasteiger partial charge in [-0.2, -0.15) is 0 Å². The molecule has 2 aliphatic carbocycles. The predicted molar refractivity (Wildman–Crippen MR) is 39.9 cm³/mol. The minimum Gasteiger partial charge on any atom is -0.481 e. The third-order valence-electron chi connectivity index (χ3n) is 3.27. The van der Waals surface area contributed by atoms with E-state index < -0.39 is 5.97 Å². The largest absolute Gasteiger partial charge is 0.481 e. The molecule has 3 heteroatoms. The highest BCUT2D eigenvalue weighted by Crippen LogP contribution is 2.47. The summed E-state index contributed by atoms with van der Waals surface area (Å²) < 4.78 is 0. The van der Waals surface area contributed by atoms with Gasteiger partial charge in [0.25, 0.3) is 0 Å². The van der Waals surface area contributed by atoms with Crippen LogP contribution in [0.15, 0.2) is 0 Å². The SMILES string of the molecule is N[C@@H]1C2CCC(C2)[C@@H]1C(=O)O. The molecule has 3 N–H and O–H groups in total. The summed E-state index contributed by atoms with van der Waals surface area (Å²) in [6.07, 6.45) is 3.28. The Hall–Kier alpha value is -0.570. The summed E-state index contributed by atoms with van der Waals surface area (Å²) in [5.41, 5.74) is 5.78. The summed E-state index contributed by atoms with van der Waals surface area (Å²) in [5.74, 6) is -0.0490. The molecule has 0 radical (unpaired) electrons. The van der Waals surface area contributed by atoms with E-state index in [1.807, 2.05) is 0 Å². The monoisotopic (exact) mass is 155 g/mol. The van der Waals surface area contributed by atoms with Gasteiger partial charge in [-0.05, 0) is 31.1 Å². The molecule has 2 bridgehead atoms. The van der Waals surface area contributed by atoms with Crippen LogP contribution in [0.2, 0.25) is 0 Å². The third kappa shape index (κ3) is 0.872. The van der Waals surface area contributed by atoms with Gasteiger partial charge >= 0.3 is 5.97 Å². The topological polar surface area (TPSA) is 63.3 Å². The van der Waals surface area contributed by atoms with E-state index in [2.05, 4.69) is 0 Å². The second-order valence-electron chi connectivity index (χ2n) is 3.77. The summed E-state index contributed by atoms with van der Waals surface area (Å²) in [6.45, 7) is 0. The molecule has 0 spiro atoms. The third-order valence-corrected chi connectivity index (χ3v) is 3.27. The van der Waals surface area contributed by atoms with Crippen LogP contribution in [0.3, 0.4) is 0 Å². The first-order chi connectivity index (χ1) is 5.20. The molecule has 0 aromatic heterocycles. The average Bonchev–Trinajstić information content (AvgIpc) is 2.44. The maximum Gasteiger partial charge on any atom is 0.308 e. The van der Waals surface area contributed by atoms with E-state index in [0.29, 0.717) is 11.8 Å². The number of carboxylic acid groups (broad SMARTS) is 1. The molecule has 4 atom stereocenters. The van der Waals surface area contributed by atoms with E-state index in [1.165, 1.54) is 0 Å². The van der Waals surface area contributed by atoms with Crippen LogP contribution in [0, 0.1) is 17.8 Å². The van der Waals surface area contributed by atoms with Crippen LogP contribution in [-0.2, 0) is 4.79 Å². The van der Waals surface area contributed by atoms with Crippen molar-refractivity contribution in [3.63, 3.8) is 0 Å². The van der Waals surface area contributed by atoms with Crippen molar-refractivity contribution >= 4 is 5.97 Å². The number of rotatable bonds is 1. The Kier molecular flexibility index (Phi) is 1.42. The van der Waals surface area contributed by atoms with Crippen molar-refractivity contribution in [1.82, 2.24) is 0 Å². The molecule has 11 heavy (non-hydrogen) atoms. The van der Waals surface area contributed by atoms with Crippen molar-refractivity contribution in [3.8, 4) is 0 Å². The van der Waals surface area contributed by atoms with Crippen LogP contribution in [0.25, 0.3) is 0 Å². The summed E-state index contributed by atoms with van der Waals surface area (Å²) in [6, 6.07) is -0.0637. The molecule has 2 aliphatic rings. The summed E-state index contributed by atoms with van der Waals surface area (Å²) in [5, 5.41) is 8.83. The van der Waals surface area contributed by atoms with E-state index in [9.17, 15) is 4.79 Å². The first kappa shape index (κ1) is 7.10. The average molecular weight is 155 g/mol. The molecule has 0 heterocycles. The number of carboxylic acids is 1. The molecule has 0 saturated heterocycles. The van der Waals surface area contributed by atoms with E-state index in [4.69, 9.17) is 10.8 Å². The van der Waals surface area contributed by atoms with Crippen LogP contribution in [0.5, 0.6) is 0 Å². The zero-order valence-corrected chi connectivity index (χ0v) is 6.36. The lowest BCUT2D eigenvalue weighted by Gasteiger charge is -2.23. The number of fused-ring (bicyclic) bond motifs is 2. The Morgan fingerprint density at radius 3 is 2.36 bits per heavy atom. The van der Waals surface area contributed by atoms with Crippen LogP contribution in [-0.4, -0.2) is 17.1 Å². The van der Waals surface area contributed by atoms with Gasteiger partial charge in [0.15, 0.2) is 0 Å². The minimum absolute atomic E-state index is 0.0637. The van der Waals surface area contributed by atoms with E-state index >= 15 is 0 Å². The van der Waals surface area contributed by atoms with Gasteiger partial charge in [0.2, 0.25) is 0 Å². The summed E-state index contributed by atoms with van der Waals surface area (Å²) in [4.78, 5) is 10.7. The van der Waals surface area contributed by atoms with Crippen molar-refractivity contribution in [3.05, 3.63) is 0 Å². The predicted octanol–water partition coefficient (Wildman–Crippen LogP) is 0.444. The quantitative estimate of drug-likeness (QED) is 0.577. The van der Waals surface area contributed by atoms with Crippen molar-refractivity contribution in [1.29, 1.82) is 0 Å². The van der Waals surface area contributed by atoms with E-state index in [-0.39, 0.29) is 12.0 Å². The van der Waals surface area contributed by atoms with Gasteiger partial charge in [-0.25, -0.2) is 0 Å². The van der Waals surface area contributed by atoms with Crippen molar-refractivity contribution in [2.24, 2.45) is 23.5 Å². The maximum absolute atomic E-state index is 10.7. The lowest BCUT2D eigenvalue weighted by atomic mass is 9.85. The van der Waals surface area contributed by atoms with Crippen LogP contribution in [0.1, 0.15) is 19.3 Å². The van der Waals surface area contributed by atoms with Crippen molar-refractivity contribution in [2.45, 2.75) is 25.3 Å². The number of aliphatic carboxylic acids is 1. The molecule has 62 valence electrons. The normalized spacial score (nSPS) is 48.1. The number of hydrogen-bond donors (Lipinski definition) is 2. The van der Waals surface area contributed by atoms with Gasteiger partial charge in [0.1, 0.15) is 0 Å². The van der Waals surface area contributed by atoms with Crippen molar-refractivity contribution < 1.29 is 9.90 Å². The number of nitrogens with two attached hydrogens (primary N) is 1. The van der Waals surface area contributed by atoms with Crippen LogP contribution in [0.4, 0.5) is 0 Å². The molecular weight excluding hydrogens is 142 g/mol. The highest BCUT2D eigenvalue weighted by molar-refractivity contribution is 5.72. The summed E-state index contributed by atoms with van der Waals surface area (Å²) >= 11 is 0. The highest BCUT2D eigenvalue weighted by Gasteiger charge is 2.49. The van der Waals surface area contributed by atoms with E-state index in [1.54, 1.807) is 0 Å². The molecule has 3 nitrogen and oxygen atoms in total. The smallest absolute Gasteiger partial charge is 0.308 e. The lowest BCUT2D eigenvalue weighted by Crippen LogP contribution is -2.40. The molecule has 0 aromatic carbocycles. The fraction of sp³-hybridized carbons (Fsp3) is 0.875. The highest BCUT2D eigenvalue weighted by atomic mass is 16.4. The molecule has 0 aliphatic heterocycles. The van der Waals surface area contributed by atoms with Gasteiger partial charge in [-0.1, -0.05) is 0 Å². The van der Waals surface area contributed by atoms with Gasteiger partial charge in [-0.3, -0.25) is 4.79 Å².